The monoisotopic (exact) mass is 315 g/mol. The topological polar surface area (TPSA) is 78.0 Å². The maximum absolute atomic E-state index is 12.2. The number of halogens is 1. The summed E-state index contributed by atoms with van der Waals surface area (Å²) in [7, 11) is -3.72. The molecule has 0 spiro atoms. The third kappa shape index (κ3) is 2.07. The van der Waals surface area contributed by atoms with Crippen LogP contribution in [0.15, 0.2) is 39.8 Å². The summed E-state index contributed by atoms with van der Waals surface area (Å²) in [5, 5.41) is 3.74. The predicted octanol–water partition coefficient (Wildman–Crippen LogP) is 1.77. The molecule has 2 aromatic rings. The van der Waals surface area contributed by atoms with E-state index in [9.17, 15) is 8.42 Å². The Labute approximate surface area is 107 Å². The van der Waals surface area contributed by atoms with E-state index in [0.29, 0.717) is 4.47 Å². The number of aryl methyl sites for hydroxylation is 1. The molecule has 2 rings (SSSR count). The van der Waals surface area contributed by atoms with Crippen LogP contribution in [0.5, 0.6) is 0 Å². The number of hydrogen-bond donors (Lipinski definition) is 1. The fourth-order valence-electron chi connectivity index (χ4n) is 1.32. The lowest BCUT2D eigenvalue weighted by atomic mass is 10.2. The Hall–Kier alpha value is -1.34. The van der Waals surface area contributed by atoms with Gasteiger partial charge in [0.1, 0.15) is 0 Å². The van der Waals surface area contributed by atoms with Gasteiger partial charge in [0.15, 0.2) is 5.82 Å². The van der Waals surface area contributed by atoms with Crippen molar-refractivity contribution in [2.24, 2.45) is 0 Å². The molecular weight excluding hydrogens is 306 g/mol. The molecule has 0 amide bonds. The van der Waals surface area contributed by atoms with Crippen molar-refractivity contribution in [2.45, 2.75) is 11.8 Å². The average molecular weight is 316 g/mol. The zero-order chi connectivity index (χ0) is 12.6. The fourth-order valence-corrected chi connectivity index (χ4v) is 2.91. The third-order valence-corrected chi connectivity index (χ3v) is 4.50. The maximum atomic E-state index is 12.2. The number of rotatable bonds is 2. The van der Waals surface area contributed by atoms with Gasteiger partial charge < -0.3 is 5.73 Å². The van der Waals surface area contributed by atoms with Crippen molar-refractivity contribution >= 4 is 31.8 Å². The highest BCUT2D eigenvalue weighted by Crippen LogP contribution is 2.23. The Balaban J connectivity index is 2.58. The Morgan fingerprint density at radius 2 is 1.88 bits per heavy atom. The van der Waals surface area contributed by atoms with Crippen LogP contribution < -0.4 is 5.73 Å². The summed E-state index contributed by atoms with van der Waals surface area (Å²) in [5.74, 6) is 0.0607. The molecule has 0 fully saturated rings. The van der Waals surface area contributed by atoms with E-state index in [1.165, 1.54) is 18.3 Å². The minimum Gasteiger partial charge on any atom is -0.382 e. The Kier molecular flexibility index (Phi) is 2.96. The van der Waals surface area contributed by atoms with Crippen molar-refractivity contribution in [3.8, 4) is 0 Å². The van der Waals surface area contributed by atoms with Crippen LogP contribution in [-0.2, 0) is 10.0 Å². The van der Waals surface area contributed by atoms with Gasteiger partial charge in [0.2, 0.25) is 0 Å². The van der Waals surface area contributed by atoms with Gasteiger partial charge >= 0.3 is 0 Å². The van der Waals surface area contributed by atoms with Crippen LogP contribution in [-0.4, -0.2) is 17.6 Å². The second-order valence-corrected chi connectivity index (χ2v) is 6.16. The molecule has 7 heteroatoms. The van der Waals surface area contributed by atoms with Crippen molar-refractivity contribution < 1.29 is 8.42 Å². The zero-order valence-corrected chi connectivity index (χ0v) is 11.4. The Morgan fingerprint density at radius 3 is 2.35 bits per heavy atom. The van der Waals surface area contributed by atoms with E-state index in [1.54, 1.807) is 12.1 Å². The first-order valence-electron chi connectivity index (χ1n) is 4.74. The summed E-state index contributed by atoms with van der Waals surface area (Å²) in [4.78, 5) is 0.158. The molecule has 0 saturated heterocycles. The second-order valence-electron chi connectivity index (χ2n) is 3.54. The van der Waals surface area contributed by atoms with Gasteiger partial charge in [-0.1, -0.05) is 17.7 Å². The van der Waals surface area contributed by atoms with E-state index in [2.05, 4.69) is 21.0 Å². The average Bonchev–Trinajstić information content (AvgIpc) is 2.61. The quantitative estimate of drug-likeness (QED) is 0.916. The summed E-state index contributed by atoms with van der Waals surface area (Å²) in [6, 6.07) is 6.50. The highest BCUT2D eigenvalue weighted by Gasteiger charge is 2.21. The molecule has 0 saturated carbocycles. The number of nitrogens with zero attached hydrogens (tertiary/aromatic N) is 2. The molecule has 0 radical (unpaired) electrons. The van der Waals surface area contributed by atoms with Crippen LogP contribution in [0, 0.1) is 6.92 Å². The van der Waals surface area contributed by atoms with E-state index in [1.807, 2.05) is 6.92 Å². The number of aromatic nitrogens is 2. The minimum absolute atomic E-state index is 0.0607. The molecule has 17 heavy (non-hydrogen) atoms. The lowest BCUT2D eigenvalue weighted by Gasteiger charge is -2.06. The van der Waals surface area contributed by atoms with Crippen LogP contribution in [0.2, 0.25) is 0 Å². The van der Waals surface area contributed by atoms with Gasteiger partial charge in [0.05, 0.1) is 15.6 Å². The van der Waals surface area contributed by atoms with Gasteiger partial charge in [-0.15, -0.1) is 4.09 Å². The summed E-state index contributed by atoms with van der Waals surface area (Å²) in [6.45, 7) is 1.88. The molecule has 0 aliphatic rings. The third-order valence-electron chi connectivity index (χ3n) is 2.27. The van der Waals surface area contributed by atoms with Crippen LogP contribution in [0.25, 0.3) is 0 Å². The van der Waals surface area contributed by atoms with Gasteiger partial charge in [0.25, 0.3) is 10.0 Å². The SMILES string of the molecule is Cc1ccc(S(=O)(=O)n2ncc(Br)c2N)cc1. The molecule has 2 N–H and O–H groups in total. The molecule has 1 heterocycles. The lowest BCUT2D eigenvalue weighted by Crippen LogP contribution is -2.16. The van der Waals surface area contributed by atoms with Gasteiger partial charge in [-0.25, -0.2) is 0 Å². The molecule has 0 unspecified atom stereocenters. The van der Waals surface area contributed by atoms with E-state index in [0.717, 1.165) is 9.65 Å². The van der Waals surface area contributed by atoms with E-state index >= 15 is 0 Å². The molecule has 5 nitrogen and oxygen atoms in total. The first-order chi connectivity index (χ1) is 7.93. The van der Waals surface area contributed by atoms with Gasteiger partial charge in [0, 0.05) is 0 Å². The number of nitrogens with two attached hydrogens (primary N) is 1. The summed E-state index contributed by atoms with van der Waals surface area (Å²) in [5.41, 5.74) is 6.62. The van der Waals surface area contributed by atoms with Crippen molar-refractivity contribution in [3.63, 3.8) is 0 Å². The van der Waals surface area contributed by atoms with Crippen LogP contribution in [0.4, 0.5) is 5.82 Å². The van der Waals surface area contributed by atoms with Crippen LogP contribution in [0.3, 0.4) is 0 Å². The highest BCUT2D eigenvalue weighted by atomic mass is 79.9. The number of nitrogen functional groups attached to an aromatic ring is 1. The van der Waals surface area contributed by atoms with Crippen molar-refractivity contribution in [1.82, 2.24) is 9.19 Å². The summed E-state index contributed by atoms with van der Waals surface area (Å²) >= 11 is 3.12. The second kappa shape index (κ2) is 4.15. The molecule has 90 valence electrons. The van der Waals surface area contributed by atoms with E-state index in [4.69, 9.17) is 5.73 Å². The fraction of sp³-hybridized carbons (Fsp3) is 0.100. The number of anilines is 1. The van der Waals surface area contributed by atoms with Crippen molar-refractivity contribution in [1.29, 1.82) is 0 Å². The van der Waals surface area contributed by atoms with E-state index in [-0.39, 0.29) is 10.7 Å². The van der Waals surface area contributed by atoms with Crippen LogP contribution >= 0.6 is 15.9 Å². The lowest BCUT2D eigenvalue weighted by molar-refractivity contribution is 0.581. The molecule has 0 aliphatic heterocycles. The van der Waals surface area contributed by atoms with Gasteiger partial charge in [-0.3, -0.25) is 0 Å². The first-order valence-corrected chi connectivity index (χ1v) is 6.97. The van der Waals surface area contributed by atoms with Crippen LogP contribution in [0.1, 0.15) is 5.56 Å². The largest absolute Gasteiger partial charge is 0.382 e. The van der Waals surface area contributed by atoms with Crippen molar-refractivity contribution in [2.75, 3.05) is 5.73 Å². The summed E-state index contributed by atoms with van der Waals surface area (Å²) in [6.07, 6.45) is 1.35. The number of hydrogen-bond acceptors (Lipinski definition) is 4. The minimum atomic E-state index is -3.72. The predicted molar refractivity (Wildman–Crippen MR) is 68.1 cm³/mol. The highest BCUT2D eigenvalue weighted by molar-refractivity contribution is 9.10. The number of benzene rings is 1. The maximum Gasteiger partial charge on any atom is 0.284 e. The molecular formula is C10H10BrN3O2S. The summed E-state index contributed by atoms with van der Waals surface area (Å²) < 4.78 is 25.6. The molecule has 0 aliphatic carbocycles. The van der Waals surface area contributed by atoms with Gasteiger partial charge in [-0.05, 0) is 35.0 Å². The standard InChI is InChI=1S/C10H10BrN3O2S/c1-7-2-4-8(5-3-7)17(15,16)14-10(12)9(11)6-13-14/h2-6H,12H2,1H3. The Morgan fingerprint density at radius 1 is 1.29 bits per heavy atom. The molecule has 0 bridgehead atoms. The molecule has 1 aromatic carbocycles. The smallest absolute Gasteiger partial charge is 0.284 e. The van der Waals surface area contributed by atoms with Gasteiger partial charge in [-0.2, -0.15) is 13.5 Å². The zero-order valence-electron chi connectivity index (χ0n) is 8.96. The van der Waals surface area contributed by atoms with Crippen molar-refractivity contribution in [3.05, 3.63) is 40.5 Å². The molecule has 0 atom stereocenters. The first kappa shape index (κ1) is 12.1. The van der Waals surface area contributed by atoms with E-state index < -0.39 is 10.0 Å². The molecule has 1 aromatic heterocycles. The normalized spacial score (nSPS) is 11.6. The Bertz CT molecular complexity index is 647.